The highest BCUT2D eigenvalue weighted by molar-refractivity contribution is 6.01. The van der Waals surface area contributed by atoms with Gasteiger partial charge in [-0.3, -0.25) is 4.79 Å². The highest BCUT2D eigenvalue weighted by atomic mass is 16.5. The highest BCUT2D eigenvalue weighted by Crippen LogP contribution is 2.41. The predicted octanol–water partition coefficient (Wildman–Crippen LogP) is 6.92. The number of nitrogens with one attached hydrogen (secondary N) is 1. The maximum Gasteiger partial charge on any atom is 0.244 e. The first kappa shape index (κ1) is 24.4. The Balaban J connectivity index is 1.96. The average molecular weight is 450 g/mol. The molecule has 1 N–H and O–H groups in total. The molecular formula is C28H35NO4. The Bertz CT molecular complexity index is 1110. The van der Waals surface area contributed by atoms with E-state index in [0.717, 1.165) is 63.1 Å². The molecule has 0 saturated heterocycles. The third-order valence-electron chi connectivity index (χ3n) is 5.84. The van der Waals surface area contributed by atoms with Crippen LogP contribution in [0.1, 0.15) is 57.6 Å². The number of aryl methyl sites for hydroxylation is 1. The van der Waals surface area contributed by atoms with Crippen LogP contribution in [0.5, 0.6) is 11.5 Å². The van der Waals surface area contributed by atoms with Gasteiger partial charge < -0.3 is 19.2 Å². The van der Waals surface area contributed by atoms with E-state index in [1.54, 1.807) is 19.4 Å². The van der Waals surface area contributed by atoms with Crippen molar-refractivity contribution in [2.75, 3.05) is 20.3 Å². The maximum absolute atomic E-state index is 12.5. The first-order valence-electron chi connectivity index (χ1n) is 11.8. The number of carbonyl (C=O) groups is 1. The number of unbranched alkanes of at least 4 members (excludes halogenated alkanes) is 3. The summed E-state index contributed by atoms with van der Waals surface area (Å²) >= 11 is 0. The summed E-state index contributed by atoms with van der Waals surface area (Å²) in [6.07, 6.45) is 7.96. The van der Waals surface area contributed by atoms with Crippen molar-refractivity contribution < 1.29 is 18.7 Å². The lowest BCUT2D eigenvalue weighted by Crippen LogP contribution is -2.22. The quantitative estimate of drug-likeness (QED) is 0.255. The van der Waals surface area contributed by atoms with Crippen LogP contribution >= 0.6 is 0 Å². The number of hydrogen-bond donors (Lipinski definition) is 1. The molecule has 0 aliphatic rings. The summed E-state index contributed by atoms with van der Waals surface area (Å²) in [5, 5.41) is 3.99. The second-order valence-corrected chi connectivity index (χ2v) is 8.24. The predicted molar refractivity (Wildman–Crippen MR) is 135 cm³/mol. The van der Waals surface area contributed by atoms with E-state index in [9.17, 15) is 4.79 Å². The number of carbonyl (C=O) groups excluding carboxylic acids is 1. The molecule has 0 saturated carbocycles. The first-order valence-corrected chi connectivity index (χ1v) is 11.8. The fourth-order valence-electron chi connectivity index (χ4n) is 4.02. The zero-order chi connectivity index (χ0) is 23.8. The molecule has 1 aromatic heterocycles. The molecule has 3 aromatic rings. The molecule has 2 aromatic carbocycles. The summed E-state index contributed by atoms with van der Waals surface area (Å²) in [6.45, 7) is 9.32. The van der Waals surface area contributed by atoms with Crippen LogP contribution in [0.15, 0.2) is 47.1 Å². The van der Waals surface area contributed by atoms with E-state index in [2.05, 4.69) is 18.3 Å². The van der Waals surface area contributed by atoms with Gasteiger partial charge >= 0.3 is 0 Å². The third kappa shape index (κ3) is 5.78. The summed E-state index contributed by atoms with van der Waals surface area (Å²) < 4.78 is 17.3. The molecule has 0 radical (unpaired) electrons. The second-order valence-electron chi connectivity index (χ2n) is 8.24. The molecule has 0 spiro atoms. The standard InChI is InChI=1S/C28H35NO4/c1-6-8-9-10-15-29-26(30)16-19(3)23-17-24-25(21-11-13-22(31-5)14-12-21)18-33-28(24)20(4)27(23)32-7-2/h11-14,16-18H,6-10,15H2,1-5H3,(H,29,30)/b19-16+. The molecule has 0 unspecified atom stereocenters. The van der Waals surface area contributed by atoms with Crippen LogP contribution < -0.4 is 14.8 Å². The van der Waals surface area contributed by atoms with Gasteiger partial charge in [0.2, 0.25) is 5.91 Å². The fraction of sp³-hybridized carbons (Fsp3) is 0.393. The maximum atomic E-state index is 12.5. The zero-order valence-electron chi connectivity index (χ0n) is 20.4. The molecule has 0 atom stereocenters. The normalized spacial score (nSPS) is 11.6. The topological polar surface area (TPSA) is 60.7 Å². The first-order chi connectivity index (χ1) is 16.0. The summed E-state index contributed by atoms with van der Waals surface area (Å²) in [4.78, 5) is 12.5. The van der Waals surface area contributed by atoms with E-state index in [1.165, 1.54) is 12.8 Å². The molecule has 0 fully saturated rings. The number of fused-ring (bicyclic) bond motifs is 1. The molecule has 33 heavy (non-hydrogen) atoms. The van der Waals surface area contributed by atoms with Crippen molar-refractivity contribution in [2.45, 2.75) is 53.4 Å². The van der Waals surface area contributed by atoms with Crippen molar-refractivity contribution in [1.29, 1.82) is 0 Å². The molecule has 176 valence electrons. The Morgan fingerprint density at radius 3 is 2.55 bits per heavy atom. The van der Waals surface area contributed by atoms with Crippen LogP contribution in [0.2, 0.25) is 0 Å². The number of benzene rings is 2. The van der Waals surface area contributed by atoms with Crippen molar-refractivity contribution >= 4 is 22.4 Å². The van der Waals surface area contributed by atoms with E-state index in [-0.39, 0.29) is 5.91 Å². The van der Waals surface area contributed by atoms with Crippen LogP contribution in [-0.2, 0) is 4.79 Å². The van der Waals surface area contributed by atoms with E-state index in [1.807, 2.05) is 45.0 Å². The summed E-state index contributed by atoms with van der Waals surface area (Å²) in [6, 6.07) is 9.97. The van der Waals surface area contributed by atoms with Crippen molar-refractivity contribution in [2.24, 2.45) is 0 Å². The Kier molecular flexibility index (Phi) is 8.58. The van der Waals surface area contributed by atoms with Gasteiger partial charge in [-0.2, -0.15) is 0 Å². The van der Waals surface area contributed by atoms with E-state index in [0.29, 0.717) is 13.2 Å². The molecular weight excluding hydrogens is 414 g/mol. The van der Waals surface area contributed by atoms with Gasteiger partial charge in [-0.25, -0.2) is 0 Å². The third-order valence-corrected chi connectivity index (χ3v) is 5.84. The summed E-state index contributed by atoms with van der Waals surface area (Å²) in [5.74, 6) is 1.48. The van der Waals surface area contributed by atoms with Crippen LogP contribution in [0, 0.1) is 6.92 Å². The van der Waals surface area contributed by atoms with Crippen molar-refractivity contribution in [3.8, 4) is 22.6 Å². The van der Waals surface area contributed by atoms with E-state index in [4.69, 9.17) is 13.9 Å². The molecule has 5 heteroatoms. The molecule has 3 rings (SSSR count). The Morgan fingerprint density at radius 2 is 1.88 bits per heavy atom. The molecule has 1 amide bonds. The Hall–Kier alpha value is -3.21. The molecule has 5 nitrogen and oxygen atoms in total. The fourth-order valence-corrected chi connectivity index (χ4v) is 4.02. The second kappa shape index (κ2) is 11.6. The van der Waals surface area contributed by atoms with Gasteiger partial charge in [-0.05, 0) is 56.5 Å². The minimum absolute atomic E-state index is 0.0771. The van der Waals surface area contributed by atoms with Crippen LogP contribution in [0.3, 0.4) is 0 Å². The number of furan rings is 1. The average Bonchev–Trinajstić information content (AvgIpc) is 3.25. The van der Waals surface area contributed by atoms with Gasteiger partial charge in [0.15, 0.2) is 0 Å². The van der Waals surface area contributed by atoms with Gasteiger partial charge in [0.25, 0.3) is 0 Å². The minimum Gasteiger partial charge on any atom is -0.497 e. The molecule has 1 heterocycles. The molecule has 0 aliphatic heterocycles. The van der Waals surface area contributed by atoms with Crippen molar-refractivity contribution in [3.05, 3.63) is 53.8 Å². The lowest BCUT2D eigenvalue weighted by atomic mass is 9.96. The molecule has 0 bridgehead atoms. The van der Waals surface area contributed by atoms with Crippen molar-refractivity contribution in [3.63, 3.8) is 0 Å². The van der Waals surface area contributed by atoms with E-state index < -0.39 is 0 Å². The molecule has 0 aliphatic carbocycles. The van der Waals surface area contributed by atoms with Gasteiger partial charge in [0, 0.05) is 34.7 Å². The van der Waals surface area contributed by atoms with Crippen LogP contribution in [0.25, 0.3) is 27.7 Å². The smallest absolute Gasteiger partial charge is 0.244 e. The SMILES string of the molecule is CCCCCCNC(=O)/C=C(\C)c1cc2c(-c3ccc(OC)cc3)coc2c(C)c1OCC. The Labute approximate surface area is 196 Å². The largest absolute Gasteiger partial charge is 0.497 e. The van der Waals surface area contributed by atoms with Gasteiger partial charge in [0.1, 0.15) is 17.1 Å². The number of rotatable bonds is 11. The van der Waals surface area contributed by atoms with E-state index >= 15 is 0 Å². The number of hydrogen-bond acceptors (Lipinski definition) is 4. The summed E-state index contributed by atoms with van der Waals surface area (Å²) in [5.41, 5.74) is 5.51. The number of allylic oxidation sites excluding steroid dienone is 1. The Morgan fingerprint density at radius 1 is 1.12 bits per heavy atom. The van der Waals surface area contributed by atoms with Crippen molar-refractivity contribution in [1.82, 2.24) is 5.32 Å². The van der Waals surface area contributed by atoms with Crippen LogP contribution in [0.4, 0.5) is 0 Å². The highest BCUT2D eigenvalue weighted by Gasteiger charge is 2.19. The number of amides is 1. The number of methoxy groups -OCH3 is 1. The lowest BCUT2D eigenvalue weighted by molar-refractivity contribution is -0.116. The number of ether oxygens (including phenoxy) is 2. The van der Waals surface area contributed by atoms with Gasteiger partial charge in [-0.1, -0.05) is 38.3 Å². The van der Waals surface area contributed by atoms with Gasteiger partial charge in [-0.15, -0.1) is 0 Å². The van der Waals surface area contributed by atoms with Crippen LogP contribution in [-0.4, -0.2) is 26.2 Å². The lowest BCUT2D eigenvalue weighted by Gasteiger charge is -2.15. The minimum atomic E-state index is -0.0771. The van der Waals surface area contributed by atoms with Gasteiger partial charge in [0.05, 0.1) is 20.0 Å². The monoisotopic (exact) mass is 449 g/mol. The summed E-state index contributed by atoms with van der Waals surface area (Å²) in [7, 11) is 1.66. The zero-order valence-corrected chi connectivity index (χ0v) is 20.4.